The molecular weight excluding hydrogens is 268 g/mol. The standard InChI is InChI=1S/C18H21ClO/c1-14-3-5-16(6-4-14)13-18(19)17-9-7-15(8-10-17)11-12-20-2/h3-10,18H,11-13H2,1-2H3. The molecule has 2 aromatic carbocycles. The summed E-state index contributed by atoms with van der Waals surface area (Å²) in [6, 6.07) is 17.1. The normalized spacial score (nSPS) is 12.3. The molecule has 0 aliphatic rings. The second kappa shape index (κ2) is 7.47. The summed E-state index contributed by atoms with van der Waals surface area (Å²) in [6.45, 7) is 2.85. The lowest BCUT2D eigenvalue weighted by Gasteiger charge is -2.11. The van der Waals surface area contributed by atoms with Crippen LogP contribution in [0.3, 0.4) is 0 Å². The van der Waals surface area contributed by atoms with Gasteiger partial charge in [0.1, 0.15) is 0 Å². The van der Waals surface area contributed by atoms with Gasteiger partial charge < -0.3 is 4.74 Å². The molecule has 1 nitrogen and oxygen atoms in total. The van der Waals surface area contributed by atoms with E-state index in [0.717, 1.165) is 19.4 Å². The molecule has 0 radical (unpaired) electrons. The molecule has 2 heteroatoms. The smallest absolute Gasteiger partial charge is 0.0625 e. The molecule has 0 bridgehead atoms. The van der Waals surface area contributed by atoms with Gasteiger partial charge in [0.2, 0.25) is 0 Å². The molecule has 0 spiro atoms. The predicted molar refractivity (Wildman–Crippen MR) is 85.5 cm³/mol. The van der Waals surface area contributed by atoms with Crippen LogP contribution >= 0.6 is 11.6 Å². The fourth-order valence-electron chi connectivity index (χ4n) is 2.16. The molecule has 0 saturated carbocycles. The fraction of sp³-hybridized carbons (Fsp3) is 0.333. The first-order valence-corrected chi connectivity index (χ1v) is 7.40. The number of rotatable bonds is 6. The molecule has 1 atom stereocenters. The Balaban J connectivity index is 1.98. The van der Waals surface area contributed by atoms with Crippen LogP contribution in [-0.2, 0) is 17.6 Å². The topological polar surface area (TPSA) is 9.23 Å². The van der Waals surface area contributed by atoms with Crippen LogP contribution in [0.15, 0.2) is 48.5 Å². The van der Waals surface area contributed by atoms with Crippen LogP contribution in [0.4, 0.5) is 0 Å². The zero-order chi connectivity index (χ0) is 14.4. The summed E-state index contributed by atoms with van der Waals surface area (Å²) in [6.07, 6.45) is 1.81. The minimum Gasteiger partial charge on any atom is -0.384 e. The van der Waals surface area contributed by atoms with Gasteiger partial charge in [-0.25, -0.2) is 0 Å². The largest absolute Gasteiger partial charge is 0.384 e. The summed E-state index contributed by atoms with van der Waals surface area (Å²) in [7, 11) is 1.73. The first-order valence-electron chi connectivity index (χ1n) is 6.96. The van der Waals surface area contributed by atoms with Crippen molar-refractivity contribution >= 4 is 11.6 Å². The van der Waals surface area contributed by atoms with Gasteiger partial charge in [-0.05, 0) is 36.5 Å². The molecule has 2 rings (SSSR count). The zero-order valence-electron chi connectivity index (χ0n) is 12.1. The molecule has 0 aromatic heterocycles. The summed E-state index contributed by atoms with van der Waals surface area (Å²) in [5.41, 5.74) is 5.02. The Kier molecular flexibility index (Phi) is 5.63. The molecule has 0 saturated heterocycles. The van der Waals surface area contributed by atoms with Gasteiger partial charge in [-0.15, -0.1) is 11.6 Å². The molecule has 1 unspecified atom stereocenters. The van der Waals surface area contributed by atoms with Gasteiger partial charge in [-0.3, -0.25) is 0 Å². The Morgan fingerprint density at radius 2 is 1.55 bits per heavy atom. The summed E-state index contributed by atoms with van der Waals surface area (Å²) >= 11 is 6.51. The third-order valence-corrected chi connectivity index (χ3v) is 3.88. The van der Waals surface area contributed by atoms with Crippen LogP contribution < -0.4 is 0 Å². The minimum absolute atomic E-state index is 0.0224. The van der Waals surface area contributed by atoms with E-state index in [4.69, 9.17) is 16.3 Å². The summed E-state index contributed by atoms with van der Waals surface area (Å²) in [5.74, 6) is 0. The van der Waals surface area contributed by atoms with E-state index in [-0.39, 0.29) is 5.38 Å². The van der Waals surface area contributed by atoms with Crippen molar-refractivity contribution in [1.29, 1.82) is 0 Å². The van der Waals surface area contributed by atoms with E-state index in [1.165, 1.54) is 22.3 Å². The maximum absolute atomic E-state index is 6.51. The number of alkyl halides is 1. The van der Waals surface area contributed by atoms with Gasteiger partial charge in [0, 0.05) is 7.11 Å². The molecule has 2 aromatic rings. The number of hydrogen-bond donors (Lipinski definition) is 0. The highest BCUT2D eigenvalue weighted by Crippen LogP contribution is 2.25. The molecule has 20 heavy (non-hydrogen) atoms. The number of ether oxygens (including phenoxy) is 1. The Bertz CT molecular complexity index is 516. The number of methoxy groups -OCH3 is 1. The van der Waals surface area contributed by atoms with Crippen LogP contribution in [-0.4, -0.2) is 13.7 Å². The average molecular weight is 289 g/mol. The highest BCUT2D eigenvalue weighted by atomic mass is 35.5. The van der Waals surface area contributed by atoms with E-state index in [9.17, 15) is 0 Å². The Hall–Kier alpha value is -1.31. The molecule has 0 fully saturated rings. The third kappa shape index (κ3) is 4.36. The number of hydrogen-bond acceptors (Lipinski definition) is 1. The van der Waals surface area contributed by atoms with Gasteiger partial charge in [-0.2, -0.15) is 0 Å². The van der Waals surface area contributed by atoms with Crippen LogP contribution in [0.25, 0.3) is 0 Å². The minimum atomic E-state index is 0.0224. The first kappa shape index (κ1) is 15.1. The molecule has 0 amide bonds. The third-order valence-electron chi connectivity index (χ3n) is 3.47. The second-order valence-electron chi connectivity index (χ2n) is 5.14. The Labute approximate surface area is 126 Å². The van der Waals surface area contributed by atoms with E-state index in [1.54, 1.807) is 7.11 Å². The molecule has 0 aliphatic heterocycles. The van der Waals surface area contributed by atoms with Crippen molar-refractivity contribution in [2.45, 2.75) is 25.1 Å². The maximum atomic E-state index is 6.51. The highest BCUT2D eigenvalue weighted by Gasteiger charge is 2.08. The van der Waals surface area contributed by atoms with Crippen molar-refractivity contribution in [3.63, 3.8) is 0 Å². The molecule has 0 heterocycles. The van der Waals surface area contributed by atoms with E-state index >= 15 is 0 Å². The molecule has 0 N–H and O–H groups in total. The first-order chi connectivity index (χ1) is 9.69. The molecule has 106 valence electrons. The number of aryl methyl sites for hydroxylation is 1. The van der Waals surface area contributed by atoms with Crippen LogP contribution in [0.5, 0.6) is 0 Å². The lowest BCUT2D eigenvalue weighted by atomic mass is 10.0. The highest BCUT2D eigenvalue weighted by molar-refractivity contribution is 6.20. The van der Waals surface area contributed by atoms with Crippen molar-refractivity contribution in [3.8, 4) is 0 Å². The summed E-state index contributed by atoms with van der Waals surface area (Å²) < 4.78 is 5.09. The molecular formula is C18H21ClO. The number of benzene rings is 2. The molecule has 0 aliphatic carbocycles. The van der Waals surface area contributed by atoms with Crippen molar-refractivity contribution in [3.05, 3.63) is 70.8 Å². The SMILES string of the molecule is COCCc1ccc(C(Cl)Cc2ccc(C)cc2)cc1. The Morgan fingerprint density at radius 3 is 2.15 bits per heavy atom. The van der Waals surface area contributed by atoms with Crippen LogP contribution in [0.1, 0.15) is 27.6 Å². The fourth-order valence-corrected chi connectivity index (χ4v) is 2.49. The van der Waals surface area contributed by atoms with Gasteiger partial charge in [-0.1, -0.05) is 54.1 Å². The van der Waals surface area contributed by atoms with Crippen molar-refractivity contribution in [1.82, 2.24) is 0 Å². The van der Waals surface area contributed by atoms with E-state index < -0.39 is 0 Å². The number of halogens is 1. The summed E-state index contributed by atoms with van der Waals surface area (Å²) in [5, 5.41) is 0.0224. The lowest BCUT2D eigenvalue weighted by molar-refractivity contribution is 0.202. The van der Waals surface area contributed by atoms with Crippen molar-refractivity contribution in [2.75, 3.05) is 13.7 Å². The zero-order valence-corrected chi connectivity index (χ0v) is 12.9. The van der Waals surface area contributed by atoms with Gasteiger partial charge in [0.25, 0.3) is 0 Å². The maximum Gasteiger partial charge on any atom is 0.0625 e. The lowest BCUT2D eigenvalue weighted by Crippen LogP contribution is -1.98. The van der Waals surface area contributed by atoms with E-state index in [2.05, 4.69) is 55.5 Å². The van der Waals surface area contributed by atoms with Crippen LogP contribution in [0, 0.1) is 6.92 Å². The van der Waals surface area contributed by atoms with Crippen molar-refractivity contribution in [2.24, 2.45) is 0 Å². The average Bonchev–Trinajstić information content (AvgIpc) is 2.48. The predicted octanol–water partition coefficient (Wildman–Crippen LogP) is 4.71. The van der Waals surface area contributed by atoms with Gasteiger partial charge >= 0.3 is 0 Å². The van der Waals surface area contributed by atoms with Crippen molar-refractivity contribution < 1.29 is 4.74 Å². The summed E-state index contributed by atoms with van der Waals surface area (Å²) in [4.78, 5) is 0. The van der Waals surface area contributed by atoms with Gasteiger partial charge in [0.15, 0.2) is 0 Å². The van der Waals surface area contributed by atoms with E-state index in [0.29, 0.717) is 0 Å². The van der Waals surface area contributed by atoms with E-state index in [1.807, 2.05) is 0 Å². The van der Waals surface area contributed by atoms with Gasteiger partial charge in [0.05, 0.1) is 12.0 Å². The second-order valence-corrected chi connectivity index (χ2v) is 5.67. The van der Waals surface area contributed by atoms with Crippen LogP contribution in [0.2, 0.25) is 0 Å². The quantitative estimate of drug-likeness (QED) is 0.700. The Morgan fingerprint density at radius 1 is 0.950 bits per heavy atom. The monoisotopic (exact) mass is 288 g/mol.